The molecule has 0 saturated carbocycles. The van der Waals surface area contributed by atoms with Gasteiger partial charge < -0.3 is 11.1 Å². The fourth-order valence-electron chi connectivity index (χ4n) is 3.62. The van der Waals surface area contributed by atoms with Crippen molar-refractivity contribution in [3.63, 3.8) is 0 Å². The number of carbonyl (C=O) groups is 1. The summed E-state index contributed by atoms with van der Waals surface area (Å²) in [5, 5.41) is 3.09. The topological polar surface area (TPSA) is 107 Å². The highest BCUT2D eigenvalue weighted by Crippen LogP contribution is 2.39. The van der Waals surface area contributed by atoms with E-state index in [1.54, 1.807) is 13.1 Å². The number of aryl methyl sites for hydroxylation is 1. The van der Waals surface area contributed by atoms with Crippen LogP contribution in [0, 0.1) is 18.6 Å². The predicted octanol–water partition coefficient (Wildman–Crippen LogP) is 4.49. The highest BCUT2D eigenvalue weighted by Gasteiger charge is 2.24. The maximum Gasteiger partial charge on any atom is 0.269 e. The number of aromatic nitrogens is 4. The van der Waals surface area contributed by atoms with Gasteiger partial charge >= 0.3 is 0 Å². The van der Waals surface area contributed by atoms with Gasteiger partial charge in [-0.2, -0.15) is 0 Å². The van der Waals surface area contributed by atoms with Crippen LogP contribution in [0.2, 0.25) is 0 Å². The molecule has 0 radical (unpaired) electrons. The number of hydrogen-bond acceptors (Lipinski definition) is 7. The molecule has 10 heteroatoms. The lowest BCUT2D eigenvalue weighted by Gasteiger charge is -2.16. The molecule has 4 heterocycles. The molecule has 32 heavy (non-hydrogen) atoms. The van der Waals surface area contributed by atoms with Crippen molar-refractivity contribution in [2.24, 2.45) is 5.73 Å². The molecule has 4 aromatic rings. The van der Waals surface area contributed by atoms with Crippen molar-refractivity contribution in [3.05, 3.63) is 75.8 Å². The summed E-state index contributed by atoms with van der Waals surface area (Å²) in [5.41, 5.74) is 8.36. The molecule has 0 spiro atoms. The molecule has 0 aromatic carbocycles. The zero-order valence-electron chi connectivity index (χ0n) is 17.6. The second-order valence-electron chi connectivity index (χ2n) is 7.47. The summed E-state index contributed by atoms with van der Waals surface area (Å²) in [6, 6.07) is 2.40. The van der Waals surface area contributed by atoms with Gasteiger partial charge in [0.2, 0.25) is 5.95 Å². The molecule has 3 N–H and O–H groups in total. The Labute approximate surface area is 186 Å². The standard InChI is InChI=1S/C22H20F2N6OS/c1-10(13-4-15(23)8-26-6-13)17-12(3)32-20-18(17)29-22(30-19(20)21(25)31)28-11(2)14-5-16(24)9-27-7-14/h4-11H,1-3H3,(H2,25,31)(H,28,29,30)/t10-,11-/m0/s1. The van der Waals surface area contributed by atoms with Crippen LogP contribution >= 0.6 is 11.3 Å². The van der Waals surface area contributed by atoms with Crippen molar-refractivity contribution in [1.29, 1.82) is 0 Å². The van der Waals surface area contributed by atoms with E-state index in [9.17, 15) is 13.6 Å². The fourth-order valence-corrected chi connectivity index (χ4v) is 4.80. The van der Waals surface area contributed by atoms with Gasteiger partial charge in [0, 0.05) is 23.2 Å². The van der Waals surface area contributed by atoms with Gasteiger partial charge in [-0.25, -0.2) is 18.7 Å². The van der Waals surface area contributed by atoms with E-state index in [1.807, 2.05) is 13.8 Å². The van der Waals surface area contributed by atoms with Crippen LogP contribution in [0.3, 0.4) is 0 Å². The lowest BCUT2D eigenvalue weighted by Crippen LogP contribution is -2.17. The number of nitrogens with one attached hydrogen (secondary N) is 1. The molecule has 4 aromatic heterocycles. The third-order valence-corrected chi connectivity index (χ3v) is 6.34. The number of amides is 1. The molecule has 0 bridgehead atoms. The Kier molecular flexibility index (Phi) is 5.79. The smallest absolute Gasteiger partial charge is 0.269 e. The van der Waals surface area contributed by atoms with Crippen molar-refractivity contribution in [1.82, 2.24) is 19.9 Å². The largest absolute Gasteiger partial charge is 0.364 e. The van der Waals surface area contributed by atoms with Gasteiger partial charge in [0.1, 0.15) is 11.6 Å². The minimum Gasteiger partial charge on any atom is -0.364 e. The summed E-state index contributed by atoms with van der Waals surface area (Å²) in [7, 11) is 0. The van der Waals surface area contributed by atoms with E-state index in [-0.39, 0.29) is 23.6 Å². The molecule has 0 aliphatic heterocycles. The number of rotatable bonds is 6. The Morgan fingerprint density at radius 1 is 1.03 bits per heavy atom. The predicted molar refractivity (Wildman–Crippen MR) is 119 cm³/mol. The van der Waals surface area contributed by atoms with Crippen LogP contribution in [0.15, 0.2) is 36.9 Å². The highest BCUT2D eigenvalue weighted by molar-refractivity contribution is 7.19. The summed E-state index contributed by atoms with van der Waals surface area (Å²) in [4.78, 5) is 29.8. The van der Waals surface area contributed by atoms with E-state index in [1.165, 1.54) is 29.7 Å². The molecule has 0 aliphatic carbocycles. The number of pyridine rings is 2. The number of thiophene rings is 1. The van der Waals surface area contributed by atoms with Crippen LogP contribution in [0.25, 0.3) is 10.2 Å². The maximum atomic E-state index is 13.8. The van der Waals surface area contributed by atoms with E-state index in [4.69, 9.17) is 5.73 Å². The van der Waals surface area contributed by atoms with Gasteiger partial charge in [-0.15, -0.1) is 11.3 Å². The Balaban J connectivity index is 1.82. The van der Waals surface area contributed by atoms with Gasteiger partial charge in [-0.1, -0.05) is 6.92 Å². The van der Waals surface area contributed by atoms with Crippen molar-refractivity contribution in [3.8, 4) is 0 Å². The van der Waals surface area contributed by atoms with E-state index < -0.39 is 17.5 Å². The second-order valence-corrected chi connectivity index (χ2v) is 8.70. The molecular formula is C22H20F2N6OS. The minimum absolute atomic E-state index is 0.0889. The van der Waals surface area contributed by atoms with Gasteiger partial charge in [0.05, 0.1) is 28.7 Å². The first-order chi connectivity index (χ1) is 15.2. The third kappa shape index (κ3) is 4.13. The van der Waals surface area contributed by atoms with E-state index in [0.29, 0.717) is 21.3 Å². The molecule has 0 fully saturated rings. The molecular weight excluding hydrogens is 434 g/mol. The normalized spacial score (nSPS) is 13.2. The maximum absolute atomic E-state index is 13.8. The van der Waals surface area contributed by atoms with Crippen molar-refractivity contribution in [2.45, 2.75) is 32.7 Å². The first-order valence-corrected chi connectivity index (χ1v) is 10.6. The molecule has 164 valence electrons. The molecule has 0 unspecified atom stereocenters. The van der Waals surface area contributed by atoms with Gasteiger partial charge in [-0.05, 0) is 42.7 Å². The van der Waals surface area contributed by atoms with Crippen LogP contribution in [0.4, 0.5) is 14.7 Å². The Morgan fingerprint density at radius 3 is 2.28 bits per heavy atom. The highest BCUT2D eigenvalue weighted by atomic mass is 32.1. The average molecular weight is 455 g/mol. The van der Waals surface area contributed by atoms with Crippen molar-refractivity contribution >= 4 is 33.4 Å². The Bertz CT molecular complexity index is 1330. The number of halogens is 2. The van der Waals surface area contributed by atoms with Crippen LogP contribution in [-0.4, -0.2) is 25.8 Å². The van der Waals surface area contributed by atoms with Crippen LogP contribution in [0.1, 0.15) is 57.9 Å². The zero-order valence-corrected chi connectivity index (χ0v) is 18.4. The van der Waals surface area contributed by atoms with E-state index >= 15 is 0 Å². The molecule has 1 amide bonds. The molecule has 2 atom stereocenters. The number of primary amides is 1. The average Bonchev–Trinajstić information content (AvgIpc) is 3.08. The molecule has 7 nitrogen and oxygen atoms in total. The number of nitrogens with zero attached hydrogens (tertiary/aromatic N) is 4. The van der Waals surface area contributed by atoms with Gasteiger partial charge in [-0.3, -0.25) is 14.8 Å². The summed E-state index contributed by atoms with van der Waals surface area (Å²) < 4.78 is 27.9. The first kappa shape index (κ1) is 21.7. The quantitative estimate of drug-likeness (QED) is 0.445. The number of fused-ring (bicyclic) bond motifs is 1. The number of hydrogen-bond donors (Lipinski definition) is 2. The number of nitrogens with two attached hydrogens (primary N) is 1. The van der Waals surface area contributed by atoms with E-state index in [2.05, 4.69) is 25.3 Å². The van der Waals surface area contributed by atoms with Crippen LogP contribution in [0.5, 0.6) is 0 Å². The Morgan fingerprint density at radius 2 is 1.66 bits per heavy atom. The number of carbonyl (C=O) groups excluding carboxylic acids is 1. The van der Waals surface area contributed by atoms with Crippen molar-refractivity contribution in [2.75, 3.05) is 5.32 Å². The molecule has 4 rings (SSSR count). The lowest BCUT2D eigenvalue weighted by molar-refractivity contribution is 0.0997. The zero-order chi connectivity index (χ0) is 23.0. The summed E-state index contributed by atoms with van der Waals surface area (Å²) in [6.07, 6.45) is 5.40. The van der Waals surface area contributed by atoms with Crippen LogP contribution in [-0.2, 0) is 0 Å². The third-order valence-electron chi connectivity index (χ3n) is 5.22. The van der Waals surface area contributed by atoms with Gasteiger partial charge in [0.25, 0.3) is 5.91 Å². The van der Waals surface area contributed by atoms with Gasteiger partial charge in [0.15, 0.2) is 5.69 Å². The fraction of sp³-hybridized carbons (Fsp3) is 0.227. The SMILES string of the molecule is Cc1sc2c(C(N)=O)nc(N[C@@H](C)c3cncc(F)c3)nc2c1[C@@H](C)c1cncc(F)c1. The summed E-state index contributed by atoms with van der Waals surface area (Å²) in [6.45, 7) is 5.63. The summed E-state index contributed by atoms with van der Waals surface area (Å²) in [5.74, 6) is -1.64. The molecule has 0 saturated heterocycles. The first-order valence-electron chi connectivity index (χ1n) is 9.83. The lowest BCUT2D eigenvalue weighted by atomic mass is 9.93. The summed E-state index contributed by atoms with van der Waals surface area (Å²) >= 11 is 1.36. The van der Waals surface area contributed by atoms with Crippen molar-refractivity contribution < 1.29 is 13.6 Å². The Hall–Kier alpha value is -3.53. The monoisotopic (exact) mass is 454 g/mol. The van der Waals surface area contributed by atoms with Crippen LogP contribution < -0.4 is 11.1 Å². The second kappa shape index (κ2) is 8.54. The minimum atomic E-state index is -0.687. The number of anilines is 1. The van der Waals surface area contributed by atoms with E-state index in [0.717, 1.165) is 22.8 Å². The molecule has 0 aliphatic rings.